The van der Waals surface area contributed by atoms with E-state index in [0.29, 0.717) is 21.0 Å². The number of urea groups is 1. The number of benzene rings is 2. The zero-order valence-electron chi connectivity index (χ0n) is 14.4. The van der Waals surface area contributed by atoms with Gasteiger partial charge >= 0.3 is 6.03 Å². The van der Waals surface area contributed by atoms with Gasteiger partial charge in [0.05, 0.1) is 5.69 Å². The number of hydrogen-bond donors (Lipinski definition) is 2. The summed E-state index contributed by atoms with van der Waals surface area (Å²) in [5.41, 5.74) is -1.53. The normalized spacial score (nSPS) is 19.0. The third-order valence-electron chi connectivity index (χ3n) is 4.30. The molecule has 2 N–H and O–H groups in total. The molecule has 4 amide bonds. The van der Waals surface area contributed by atoms with Gasteiger partial charge in [0.1, 0.15) is 12.1 Å². The summed E-state index contributed by atoms with van der Waals surface area (Å²) in [7, 11) is 0. The maximum absolute atomic E-state index is 13.7. The lowest BCUT2D eigenvalue weighted by atomic mass is 9.92. The SMILES string of the molecule is C[C@@]1(c2ccccc2Br)NC(=O)N(CC(=O)Nc2ccc(F)c(F)c2F)C1=O. The Labute approximate surface area is 165 Å². The summed E-state index contributed by atoms with van der Waals surface area (Å²) in [6.07, 6.45) is 0. The highest BCUT2D eigenvalue weighted by atomic mass is 79.9. The van der Waals surface area contributed by atoms with Crippen LogP contribution in [-0.4, -0.2) is 29.3 Å². The van der Waals surface area contributed by atoms with Crippen LogP contribution in [-0.2, 0) is 15.1 Å². The predicted octanol–water partition coefficient (Wildman–Crippen LogP) is 3.27. The van der Waals surface area contributed by atoms with Gasteiger partial charge < -0.3 is 10.6 Å². The summed E-state index contributed by atoms with van der Waals surface area (Å²) in [6.45, 7) is 0.753. The fraction of sp³-hybridized carbons (Fsp3) is 0.167. The molecule has 0 saturated carbocycles. The number of halogens is 4. The van der Waals surface area contributed by atoms with Gasteiger partial charge in [-0.2, -0.15) is 0 Å². The lowest BCUT2D eigenvalue weighted by Crippen LogP contribution is -2.42. The van der Waals surface area contributed by atoms with E-state index in [1.807, 2.05) is 5.32 Å². The zero-order chi connectivity index (χ0) is 20.6. The first-order chi connectivity index (χ1) is 13.1. The van der Waals surface area contributed by atoms with Crippen LogP contribution in [0.25, 0.3) is 0 Å². The third kappa shape index (κ3) is 3.35. The minimum Gasteiger partial charge on any atom is -0.322 e. The van der Waals surface area contributed by atoms with Crippen molar-refractivity contribution in [3.8, 4) is 0 Å². The van der Waals surface area contributed by atoms with E-state index in [0.717, 1.165) is 6.07 Å². The number of nitrogens with one attached hydrogen (secondary N) is 2. The lowest BCUT2D eigenvalue weighted by Gasteiger charge is -2.23. The first-order valence-electron chi connectivity index (χ1n) is 7.97. The van der Waals surface area contributed by atoms with Crippen molar-refractivity contribution in [1.82, 2.24) is 10.2 Å². The Morgan fingerprint density at radius 1 is 1.14 bits per heavy atom. The Morgan fingerprint density at radius 2 is 1.82 bits per heavy atom. The number of amides is 4. The standard InChI is InChI=1S/C18H13BrF3N3O3/c1-18(9-4-2-3-5-10(9)19)16(27)25(17(28)24-18)8-13(26)23-12-7-6-11(20)14(21)15(12)22/h2-7H,8H2,1H3,(H,23,26)(H,24,28)/t18-/m0/s1. The van der Waals surface area contributed by atoms with Gasteiger partial charge in [0, 0.05) is 10.0 Å². The van der Waals surface area contributed by atoms with Crippen molar-refractivity contribution in [2.45, 2.75) is 12.5 Å². The van der Waals surface area contributed by atoms with Crippen LogP contribution in [0.5, 0.6) is 0 Å². The van der Waals surface area contributed by atoms with E-state index in [4.69, 9.17) is 0 Å². The van der Waals surface area contributed by atoms with Crippen molar-refractivity contribution in [1.29, 1.82) is 0 Å². The Hall–Kier alpha value is -2.88. The molecule has 1 atom stereocenters. The molecule has 0 unspecified atom stereocenters. The van der Waals surface area contributed by atoms with Gasteiger partial charge in [0.2, 0.25) is 5.91 Å². The minimum absolute atomic E-state index is 0.489. The van der Waals surface area contributed by atoms with Crippen molar-refractivity contribution in [3.05, 3.63) is 63.9 Å². The van der Waals surface area contributed by atoms with Gasteiger partial charge in [-0.3, -0.25) is 14.5 Å². The molecule has 6 nitrogen and oxygen atoms in total. The maximum atomic E-state index is 13.7. The van der Waals surface area contributed by atoms with Gasteiger partial charge in [-0.05, 0) is 25.1 Å². The molecule has 0 radical (unpaired) electrons. The van der Waals surface area contributed by atoms with Crippen LogP contribution in [0.3, 0.4) is 0 Å². The largest absolute Gasteiger partial charge is 0.325 e. The molecule has 1 fully saturated rings. The summed E-state index contributed by atoms with van der Waals surface area (Å²) < 4.78 is 40.5. The molecule has 0 spiro atoms. The van der Waals surface area contributed by atoms with Crippen molar-refractivity contribution in [3.63, 3.8) is 0 Å². The second-order valence-electron chi connectivity index (χ2n) is 6.20. The average molecular weight is 456 g/mol. The molecule has 1 heterocycles. The second kappa shape index (κ2) is 7.27. The fourth-order valence-electron chi connectivity index (χ4n) is 2.85. The van der Waals surface area contributed by atoms with Crippen LogP contribution >= 0.6 is 15.9 Å². The van der Waals surface area contributed by atoms with Crippen molar-refractivity contribution >= 4 is 39.5 Å². The molecule has 2 aromatic rings. The van der Waals surface area contributed by atoms with Crippen molar-refractivity contribution < 1.29 is 27.6 Å². The Kier molecular flexibility index (Phi) is 5.16. The number of hydrogen-bond acceptors (Lipinski definition) is 3. The molecule has 28 heavy (non-hydrogen) atoms. The molecule has 1 aliphatic rings. The van der Waals surface area contributed by atoms with Gasteiger partial charge in [0.15, 0.2) is 17.5 Å². The number of anilines is 1. The number of carbonyl (C=O) groups is 3. The maximum Gasteiger partial charge on any atom is 0.325 e. The van der Waals surface area contributed by atoms with E-state index in [1.54, 1.807) is 24.3 Å². The Bertz CT molecular complexity index is 1000. The number of rotatable bonds is 4. The summed E-state index contributed by atoms with van der Waals surface area (Å²) in [5, 5.41) is 4.55. The van der Waals surface area contributed by atoms with Gasteiger partial charge in [-0.1, -0.05) is 34.1 Å². The minimum atomic E-state index is -1.74. The first kappa shape index (κ1) is 19.9. The fourth-order valence-corrected chi connectivity index (χ4v) is 3.53. The van der Waals surface area contributed by atoms with Gasteiger partial charge in [-0.15, -0.1) is 0 Å². The van der Waals surface area contributed by atoms with Crippen LogP contribution in [0.4, 0.5) is 23.7 Å². The second-order valence-corrected chi connectivity index (χ2v) is 7.05. The highest BCUT2D eigenvalue weighted by molar-refractivity contribution is 9.10. The number of imide groups is 1. The Morgan fingerprint density at radius 3 is 2.50 bits per heavy atom. The van der Waals surface area contributed by atoms with E-state index >= 15 is 0 Å². The van der Waals surface area contributed by atoms with Crippen LogP contribution in [0, 0.1) is 17.5 Å². The molecule has 0 bridgehead atoms. The topological polar surface area (TPSA) is 78.5 Å². The number of carbonyl (C=O) groups excluding carboxylic acids is 3. The van der Waals surface area contributed by atoms with Crippen LogP contribution in [0.1, 0.15) is 12.5 Å². The molecule has 1 saturated heterocycles. The molecule has 1 aliphatic heterocycles. The smallest absolute Gasteiger partial charge is 0.322 e. The monoisotopic (exact) mass is 455 g/mol. The highest BCUT2D eigenvalue weighted by Gasteiger charge is 2.50. The van der Waals surface area contributed by atoms with Crippen molar-refractivity contribution in [2.75, 3.05) is 11.9 Å². The van der Waals surface area contributed by atoms with Gasteiger partial charge in [0.25, 0.3) is 5.91 Å². The van der Waals surface area contributed by atoms with Crippen LogP contribution in [0.2, 0.25) is 0 Å². The summed E-state index contributed by atoms with van der Waals surface area (Å²) in [4.78, 5) is 37.9. The molecule has 2 aromatic carbocycles. The van der Waals surface area contributed by atoms with E-state index in [9.17, 15) is 27.6 Å². The van der Waals surface area contributed by atoms with E-state index in [1.165, 1.54) is 6.92 Å². The van der Waals surface area contributed by atoms with E-state index in [2.05, 4.69) is 21.2 Å². The quantitative estimate of drug-likeness (QED) is 0.548. The van der Waals surface area contributed by atoms with Crippen molar-refractivity contribution in [2.24, 2.45) is 0 Å². The molecule has 3 rings (SSSR count). The zero-order valence-corrected chi connectivity index (χ0v) is 15.9. The summed E-state index contributed by atoms with van der Waals surface area (Å²) in [5.74, 6) is -6.37. The van der Waals surface area contributed by atoms with Crippen LogP contribution < -0.4 is 10.6 Å². The van der Waals surface area contributed by atoms with E-state index in [-0.39, 0.29) is 0 Å². The molecule has 0 aromatic heterocycles. The molecule has 10 heteroatoms. The molecular formula is C18H13BrF3N3O3. The average Bonchev–Trinajstić information content (AvgIpc) is 2.86. The summed E-state index contributed by atoms with van der Waals surface area (Å²) >= 11 is 3.32. The number of nitrogens with zero attached hydrogens (tertiary/aromatic N) is 1. The Balaban J connectivity index is 1.79. The molecule has 146 valence electrons. The molecule has 0 aliphatic carbocycles. The van der Waals surface area contributed by atoms with Crippen LogP contribution in [0.15, 0.2) is 40.9 Å². The predicted molar refractivity (Wildman–Crippen MR) is 96.7 cm³/mol. The first-order valence-corrected chi connectivity index (χ1v) is 8.77. The highest BCUT2D eigenvalue weighted by Crippen LogP contribution is 2.33. The lowest BCUT2D eigenvalue weighted by molar-refractivity contribution is -0.133. The van der Waals surface area contributed by atoms with E-state index < -0.39 is 53.1 Å². The molecular weight excluding hydrogens is 443 g/mol. The van der Waals surface area contributed by atoms with Gasteiger partial charge in [-0.25, -0.2) is 18.0 Å². The third-order valence-corrected chi connectivity index (χ3v) is 4.99. The summed E-state index contributed by atoms with van der Waals surface area (Å²) in [6, 6.07) is 7.42.